The van der Waals surface area contributed by atoms with E-state index in [9.17, 15) is 0 Å². The minimum absolute atomic E-state index is 0.345. The molecule has 18 heavy (non-hydrogen) atoms. The van der Waals surface area contributed by atoms with Gasteiger partial charge in [0, 0.05) is 17.0 Å². The summed E-state index contributed by atoms with van der Waals surface area (Å²) in [6, 6.07) is 6.71. The van der Waals surface area contributed by atoms with E-state index in [1.165, 1.54) is 5.56 Å². The van der Waals surface area contributed by atoms with E-state index < -0.39 is 0 Å². The zero-order chi connectivity index (χ0) is 13.1. The smallest absolute Gasteiger partial charge is 0.0551 e. The first kappa shape index (κ1) is 13.9. The summed E-state index contributed by atoms with van der Waals surface area (Å²) in [4.78, 5) is 0. The summed E-state index contributed by atoms with van der Waals surface area (Å²) in [5, 5.41) is 4.42. The van der Waals surface area contributed by atoms with Crippen LogP contribution in [0.2, 0.25) is 5.02 Å². The summed E-state index contributed by atoms with van der Waals surface area (Å²) in [7, 11) is 0. The second-order valence-electron chi connectivity index (χ2n) is 5.18. The fourth-order valence-electron chi connectivity index (χ4n) is 2.66. The Morgan fingerprint density at radius 1 is 1.50 bits per heavy atom. The third-order valence-electron chi connectivity index (χ3n) is 3.68. The quantitative estimate of drug-likeness (QED) is 0.898. The van der Waals surface area contributed by atoms with Gasteiger partial charge in [0.15, 0.2) is 0 Å². The highest BCUT2D eigenvalue weighted by Gasteiger charge is 2.30. The lowest BCUT2D eigenvalue weighted by molar-refractivity contribution is 0.117. The number of hydrogen-bond acceptors (Lipinski definition) is 2. The van der Waals surface area contributed by atoms with Gasteiger partial charge in [-0.1, -0.05) is 30.7 Å². The Morgan fingerprint density at radius 3 is 2.83 bits per heavy atom. The third kappa shape index (κ3) is 3.05. The zero-order valence-electron chi connectivity index (χ0n) is 11.4. The number of benzene rings is 1. The van der Waals surface area contributed by atoms with E-state index in [0.717, 1.165) is 30.2 Å². The van der Waals surface area contributed by atoms with Gasteiger partial charge in [-0.2, -0.15) is 0 Å². The van der Waals surface area contributed by atoms with Crippen LogP contribution in [-0.4, -0.2) is 19.3 Å². The summed E-state index contributed by atoms with van der Waals surface area (Å²) >= 11 is 6.23. The van der Waals surface area contributed by atoms with Crippen LogP contribution >= 0.6 is 11.6 Å². The zero-order valence-corrected chi connectivity index (χ0v) is 12.1. The second kappa shape index (κ2) is 6.05. The van der Waals surface area contributed by atoms with Gasteiger partial charge in [-0.05, 0) is 44.0 Å². The minimum Gasteiger partial charge on any atom is -0.378 e. The van der Waals surface area contributed by atoms with Crippen LogP contribution in [0.4, 0.5) is 0 Å². The van der Waals surface area contributed by atoms with E-state index in [4.69, 9.17) is 16.3 Å². The van der Waals surface area contributed by atoms with Crippen LogP contribution in [-0.2, 0) is 4.74 Å². The molecule has 1 aromatic carbocycles. The molecule has 2 nitrogen and oxygen atoms in total. The molecule has 3 unspecified atom stereocenters. The number of halogens is 1. The molecule has 0 saturated carbocycles. The molecule has 0 spiro atoms. The number of ether oxygens (including phenoxy) is 1. The first-order chi connectivity index (χ1) is 8.61. The SMILES string of the molecule is CCNC(c1ccc(C)c(Cl)c1)C1COC(C)C1. The lowest BCUT2D eigenvalue weighted by Crippen LogP contribution is -2.28. The number of aryl methyl sites for hydroxylation is 1. The molecule has 0 amide bonds. The number of nitrogens with one attached hydrogen (secondary N) is 1. The molecule has 0 radical (unpaired) electrons. The maximum atomic E-state index is 6.23. The molecule has 0 aliphatic carbocycles. The molecule has 2 rings (SSSR count). The first-order valence-corrected chi connectivity index (χ1v) is 7.10. The molecule has 1 saturated heterocycles. The molecule has 100 valence electrons. The standard InChI is InChI=1S/C15H22ClNO/c1-4-17-15(13-7-11(3)18-9-13)12-6-5-10(2)14(16)8-12/h5-6,8,11,13,15,17H,4,7,9H2,1-3H3. The van der Waals surface area contributed by atoms with Gasteiger partial charge in [-0.25, -0.2) is 0 Å². The lowest BCUT2D eigenvalue weighted by Gasteiger charge is -2.24. The highest BCUT2D eigenvalue weighted by molar-refractivity contribution is 6.31. The molecule has 3 atom stereocenters. The highest BCUT2D eigenvalue weighted by Crippen LogP contribution is 2.33. The van der Waals surface area contributed by atoms with Crippen LogP contribution in [0.15, 0.2) is 18.2 Å². The van der Waals surface area contributed by atoms with Crippen LogP contribution in [0, 0.1) is 12.8 Å². The average Bonchev–Trinajstić information content (AvgIpc) is 2.76. The highest BCUT2D eigenvalue weighted by atomic mass is 35.5. The summed E-state index contributed by atoms with van der Waals surface area (Å²) in [5.41, 5.74) is 2.40. The fraction of sp³-hybridized carbons (Fsp3) is 0.600. The normalized spacial score (nSPS) is 25.3. The van der Waals surface area contributed by atoms with E-state index in [1.807, 2.05) is 6.92 Å². The number of rotatable bonds is 4. The van der Waals surface area contributed by atoms with Gasteiger partial charge in [0.05, 0.1) is 12.7 Å². The van der Waals surface area contributed by atoms with E-state index in [-0.39, 0.29) is 0 Å². The molecule has 1 fully saturated rings. The van der Waals surface area contributed by atoms with Gasteiger partial charge < -0.3 is 10.1 Å². The van der Waals surface area contributed by atoms with Crippen molar-refractivity contribution in [2.75, 3.05) is 13.2 Å². The predicted octanol–water partition coefficient (Wildman–Crippen LogP) is 3.72. The maximum absolute atomic E-state index is 6.23. The van der Waals surface area contributed by atoms with Gasteiger partial charge in [-0.3, -0.25) is 0 Å². The molecule has 1 N–H and O–H groups in total. The monoisotopic (exact) mass is 267 g/mol. The Hall–Kier alpha value is -0.570. The molecule has 1 aliphatic rings. The fourth-order valence-corrected chi connectivity index (χ4v) is 2.85. The van der Waals surface area contributed by atoms with Gasteiger partial charge in [0.25, 0.3) is 0 Å². The Morgan fingerprint density at radius 2 is 2.28 bits per heavy atom. The van der Waals surface area contributed by atoms with Gasteiger partial charge in [0.2, 0.25) is 0 Å². The van der Waals surface area contributed by atoms with Gasteiger partial charge in [-0.15, -0.1) is 0 Å². The predicted molar refractivity (Wildman–Crippen MR) is 76.1 cm³/mol. The second-order valence-corrected chi connectivity index (χ2v) is 5.59. The third-order valence-corrected chi connectivity index (χ3v) is 4.09. The molecule has 1 aromatic rings. The summed E-state index contributed by atoms with van der Waals surface area (Å²) in [5.74, 6) is 0.540. The number of hydrogen-bond donors (Lipinski definition) is 1. The Kier molecular flexibility index (Phi) is 4.66. The van der Waals surface area contributed by atoms with E-state index in [2.05, 4.69) is 37.4 Å². The van der Waals surface area contributed by atoms with Crippen molar-refractivity contribution in [3.8, 4) is 0 Å². The Balaban J connectivity index is 2.20. The van der Waals surface area contributed by atoms with Crippen molar-refractivity contribution >= 4 is 11.6 Å². The van der Waals surface area contributed by atoms with E-state index >= 15 is 0 Å². The van der Waals surface area contributed by atoms with Crippen LogP contribution < -0.4 is 5.32 Å². The molecule has 1 heterocycles. The molecule has 1 aliphatic heterocycles. The topological polar surface area (TPSA) is 21.3 Å². The van der Waals surface area contributed by atoms with Gasteiger partial charge >= 0.3 is 0 Å². The van der Waals surface area contributed by atoms with Gasteiger partial charge in [0.1, 0.15) is 0 Å². The van der Waals surface area contributed by atoms with Crippen LogP contribution in [0.25, 0.3) is 0 Å². The summed E-state index contributed by atoms with van der Waals surface area (Å²) in [6.45, 7) is 8.12. The Labute approximate surface area is 115 Å². The first-order valence-electron chi connectivity index (χ1n) is 6.72. The van der Waals surface area contributed by atoms with Crippen molar-refractivity contribution in [2.24, 2.45) is 5.92 Å². The van der Waals surface area contributed by atoms with Crippen molar-refractivity contribution in [3.63, 3.8) is 0 Å². The van der Waals surface area contributed by atoms with E-state index in [0.29, 0.717) is 18.1 Å². The largest absolute Gasteiger partial charge is 0.378 e. The van der Waals surface area contributed by atoms with Crippen molar-refractivity contribution in [1.29, 1.82) is 0 Å². The van der Waals surface area contributed by atoms with Crippen molar-refractivity contribution < 1.29 is 4.74 Å². The van der Waals surface area contributed by atoms with Crippen LogP contribution in [0.5, 0.6) is 0 Å². The molecular weight excluding hydrogens is 246 g/mol. The Bertz CT molecular complexity index is 407. The van der Waals surface area contributed by atoms with Crippen molar-refractivity contribution in [1.82, 2.24) is 5.32 Å². The van der Waals surface area contributed by atoms with Crippen molar-refractivity contribution in [2.45, 2.75) is 39.3 Å². The maximum Gasteiger partial charge on any atom is 0.0551 e. The molecule has 3 heteroatoms. The lowest BCUT2D eigenvalue weighted by atomic mass is 9.90. The van der Waals surface area contributed by atoms with E-state index in [1.54, 1.807) is 0 Å². The average molecular weight is 268 g/mol. The molecule has 0 aromatic heterocycles. The van der Waals surface area contributed by atoms with Crippen LogP contribution in [0.1, 0.15) is 37.4 Å². The minimum atomic E-state index is 0.345. The molecular formula is C15H22ClNO. The summed E-state index contributed by atoms with van der Waals surface area (Å²) in [6.07, 6.45) is 1.49. The van der Waals surface area contributed by atoms with Crippen molar-refractivity contribution in [3.05, 3.63) is 34.3 Å². The van der Waals surface area contributed by atoms with Crippen LogP contribution in [0.3, 0.4) is 0 Å². The summed E-state index contributed by atoms with van der Waals surface area (Å²) < 4.78 is 5.70. The molecule has 0 bridgehead atoms.